The van der Waals surface area contributed by atoms with Crippen LogP contribution < -0.4 is 5.32 Å². The minimum Gasteiger partial charge on any atom is -0.394 e. The molecule has 12 heteroatoms. The van der Waals surface area contributed by atoms with Crippen LogP contribution in [0.4, 0.5) is 0 Å². The molecule has 0 unspecified atom stereocenters. The topological polar surface area (TPSA) is 198 Å². The van der Waals surface area contributed by atoms with E-state index in [9.17, 15) is 40.5 Å². The molecule has 26 heavy (non-hydrogen) atoms. The Morgan fingerprint density at radius 1 is 0.923 bits per heavy atom. The largest absolute Gasteiger partial charge is 0.394 e. The van der Waals surface area contributed by atoms with Crippen LogP contribution in [0.5, 0.6) is 0 Å². The maximum atomic E-state index is 11.2. The van der Waals surface area contributed by atoms with Gasteiger partial charge in [-0.1, -0.05) is 0 Å². The molecule has 0 aromatic heterocycles. The number of hydrogen-bond donors (Lipinski definition) is 8. The molecule has 2 rings (SSSR count). The van der Waals surface area contributed by atoms with Crippen LogP contribution in [-0.4, -0.2) is 116 Å². The highest BCUT2D eigenvalue weighted by Crippen LogP contribution is 2.28. The summed E-state index contributed by atoms with van der Waals surface area (Å²) in [5.74, 6) is -0.564. The number of hydrogen-bond acceptors (Lipinski definition) is 11. The van der Waals surface area contributed by atoms with Gasteiger partial charge >= 0.3 is 0 Å². The third-order valence-electron chi connectivity index (χ3n) is 4.38. The van der Waals surface area contributed by atoms with Crippen LogP contribution in [0.2, 0.25) is 0 Å². The van der Waals surface area contributed by atoms with Gasteiger partial charge in [0.05, 0.1) is 13.2 Å². The Kier molecular flexibility index (Phi) is 7.27. The molecule has 0 aromatic carbocycles. The fourth-order valence-electron chi connectivity index (χ4n) is 2.98. The van der Waals surface area contributed by atoms with Gasteiger partial charge in [0.25, 0.3) is 0 Å². The summed E-state index contributed by atoms with van der Waals surface area (Å²) in [5, 5.41) is 70.7. The number of nitrogens with one attached hydrogen (secondary N) is 1. The van der Waals surface area contributed by atoms with Crippen molar-refractivity contribution in [2.45, 2.75) is 68.3 Å². The molecule has 1 amide bonds. The van der Waals surface area contributed by atoms with Crippen molar-refractivity contribution in [3.05, 3.63) is 0 Å². The highest BCUT2D eigenvalue weighted by molar-refractivity contribution is 5.73. The lowest BCUT2D eigenvalue weighted by Gasteiger charge is -2.46. The van der Waals surface area contributed by atoms with Crippen LogP contribution in [-0.2, 0) is 19.0 Å². The second-order valence-electron chi connectivity index (χ2n) is 6.26. The molecule has 2 heterocycles. The maximum Gasteiger partial charge on any atom is 0.217 e. The Morgan fingerprint density at radius 3 is 2.08 bits per heavy atom. The van der Waals surface area contributed by atoms with Crippen molar-refractivity contribution >= 4 is 5.91 Å². The number of carbonyl (C=O) groups is 1. The molecule has 0 radical (unpaired) electrons. The van der Waals surface area contributed by atoms with Gasteiger partial charge in [0.15, 0.2) is 12.6 Å². The number of carbonyl (C=O) groups excluding carboxylic acids is 1. The molecule has 2 saturated heterocycles. The predicted octanol–water partition coefficient (Wildman–Crippen LogP) is -5.25. The maximum absolute atomic E-state index is 11.2. The van der Waals surface area contributed by atoms with Crippen LogP contribution in [0.3, 0.4) is 0 Å². The highest BCUT2D eigenvalue weighted by atomic mass is 16.7. The van der Waals surface area contributed by atoms with Gasteiger partial charge in [-0.05, 0) is 0 Å². The van der Waals surface area contributed by atoms with Gasteiger partial charge in [-0.15, -0.1) is 0 Å². The van der Waals surface area contributed by atoms with Crippen molar-refractivity contribution < 1.29 is 54.8 Å². The lowest BCUT2D eigenvalue weighted by molar-refractivity contribution is -0.345. The standard InChI is InChI=1S/C14H25NO11/c1-4(18)15-7-9(20)12(6(3-17)24-13(7)23)26-14-11(22)10(21)8(19)5(2-16)25-14/h5-14,16-17,19-23H,2-3H2,1H3,(H,15,18)/t5-,6-,7-,8+,9-,10+,11-,12-,13+,14+/m0/s1. The number of ether oxygens (including phenoxy) is 3. The van der Waals surface area contributed by atoms with Crippen molar-refractivity contribution in [3.8, 4) is 0 Å². The van der Waals surface area contributed by atoms with Crippen molar-refractivity contribution in [2.75, 3.05) is 13.2 Å². The molecule has 0 bridgehead atoms. The molecule has 2 fully saturated rings. The van der Waals surface area contributed by atoms with Gasteiger partial charge < -0.3 is 55.3 Å². The second-order valence-corrected chi connectivity index (χ2v) is 6.26. The van der Waals surface area contributed by atoms with Crippen LogP contribution in [0, 0.1) is 0 Å². The number of amides is 1. The molecule has 12 nitrogen and oxygen atoms in total. The molecule has 0 aromatic rings. The van der Waals surface area contributed by atoms with Crippen molar-refractivity contribution in [2.24, 2.45) is 0 Å². The molecule has 8 N–H and O–H groups in total. The first-order valence-corrected chi connectivity index (χ1v) is 8.06. The van der Waals surface area contributed by atoms with Crippen LogP contribution >= 0.6 is 0 Å². The Balaban J connectivity index is 2.16. The Labute approximate surface area is 148 Å². The summed E-state index contributed by atoms with van der Waals surface area (Å²) in [6.07, 6.45) is -13.6. The first kappa shape index (κ1) is 21.4. The molecule has 0 aliphatic carbocycles. The first-order chi connectivity index (χ1) is 12.2. The monoisotopic (exact) mass is 383 g/mol. The van der Waals surface area contributed by atoms with E-state index in [2.05, 4.69) is 5.32 Å². The Hall–Kier alpha value is -0.930. The smallest absolute Gasteiger partial charge is 0.217 e. The van der Waals surface area contributed by atoms with Crippen molar-refractivity contribution in [1.82, 2.24) is 5.32 Å². The summed E-state index contributed by atoms with van der Waals surface area (Å²) in [7, 11) is 0. The average Bonchev–Trinajstić information content (AvgIpc) is 2.60. The first-order valence-electron chi connectivity index (χ1n) is 8.06. The van der Waals surface area contributed by atoms with E-state index in [1.807, 2.05) is 0 Å². The van der Waals surface area contributed by atoms with Gasteiger partial charge in [-0.3, -0.25) is 4.79 Å². The van der Waals surface area contributed by atoms with Crippen molar-refractivity contribution in [3.63, 3.8) is 0 Å². The summed E-state index contributed by atoms with van der Waals surface area (Å²) < 4.78 is 15.7. The van der Waals surface area contributed by atoms with Gasteiger partial charge in [-0.2, -0.15) is 0 Å². The molecule has 2 aliphatic rings. The van der Waals surface area contributed by atoms with E-state index in [-0.39, 0.29) is 0 Å². The van der Waals surface area contributed by atoms with E-state index in [0.717, 1.165) is 6.92 Å². The zero-order valence-electron chi connectivity index (χ0n) is 14.0. The normalized spacial score (nSPS) is 46.8. The van der Waals surface area contributed by atoms with E-state index < -0.39 is 80.5 Å². The van der Waals surface area contributed by atoms with E-state index in [4.69, 9.17) is 14.2 Å². The lowest BCUT2D eigenvalue weighted by Crippen LogP contribution is -2.67. The van der Waals surface area contributed by atoms with Gasteiger partial charge in [0.1, 0.15) is 48.8 Å². The zero-order valence-corrected chi connectivity index (χ0v) is 14.0. The fraction of sp³-hybridized carbons (Fsp3) is 0.929. The Morgan fingerprint density at radius 2 is 1.54 bits per heavy atom. The summed E-state index contributed by atoms with van der Waals surface area (Å²) in [4.78, 5) is 11.2. The summed E-state index contributed by atoms with van der Waals surface area (Å²) in [6, 6.07) is -1.29. The molecular weight excluding hydrogens is 358 g/mol. The van der Waals surface area contributed by atoms with Gasteiger partial charge in [-0.25, -0.2) is 0 Å². The van der Waals surface area contributed by atoms with E-state index in [1.165, 1.54) is 0 Å². The number of aliphatic hydroxyl groups is 7. The number of aliphatic hydroxyl groups excluding tert-OH is 7. The minimum atomic E-state index is -1.73. The highest BCUT2D eigenvalue weighted by Gasteiger charge is 2.50. The molecule has 2 aliphatic heterocycles. The van der Waals surface area contributed by atoms with E-state index in [1.54, 1.807) is 0 Å². The average molecular weight is 383 g/mol. The van der Waals surface area contributed by atoms with Crippen LogP contribution in [0.15, 0.2) is 0 Å². The van der Waals surface area contributed by atoms with E-state index in [0.29, 0.717) is 0 Å². The second kappa shape index (κ2) is 8.84. The van der Waals surface area contributed by atoms with Crippen LogP contribution in [0.1, 0.15) is 6.92 Å². The third-order valence-corrected chi connectivity index (χ3v) is 4.38. The predicted molar refractivity (Wildman–Crippen MR) is 80.2 cm³/mol. The Bertz CT molecular complexity index is 478. The SMILES string of the molecule is CC(=O)N[C@H]1[C@H](O)[C@@H](O[C@H]2O[C@@H](CO)[C@@H](O)[C@@H](O)[C@@H]2O)[C@H](CO)O[C@H]1O. The molecule has 10 atom stereocenters. The summed E-state index contributed by atoms with van der Waals surface area (Å²) in [6.45, 7) is -0.195. The van der Waals surface area contributed by atoms with Gasteiger partial charge in [0, 0.05) is 6.92 Å². The lowest BCUT2D eigenvalue weighted by atomic mass is 9.95. The zero-order chi connectivity index (χ0) is 19.6. The van der Waals surface area contributed by atoms with E-state index >= 15 is 0 Å². The summed E-state index contributed by atoms with van der Waals surface area (Å²) in [5.41, 5.74) is 0. The molecule has 0 saturated carbocycles. The fourth-order valence-corrected chi connectivity index (χ4v) is 2.98. The molecule has 152 valence electrons. The summed E-state index contributed by atoms with van der Waals surface area (Å²) >= 11 is 0. The quantitative estimate of drug-likeness (QED) is 0.226. The van der Waals surface area contributed by atoms with Crippen LogP contribution in [0.25, 0.3) is 0 Å². The minimum absolute atomic E-state index is 0.564. The molecular formula is C14H25NO11. The number of rotatable bonds is 5. The molecule has 0 spiro atoms. The van der Waals surface area contributed by atoms with Gasteiger partial charge in [0.2, 0.25) is 5.91 Å². The van der Waals surface area contributed by atoms with Crippen molar-refractivity contribution in [1.29, 1.82) is 0 Å². The third kappa shape index (κ3) is 4.31.